The first-order valence-electron chi connectivity index (χ1n) is 6.48. The Morgan fingerprint density at radius 3 is 3.06 bits per heavy atom. The van der Waals surface area contributed by atoms with E-state index in [2.05, 4.69) is 41.4 Å². The molecule has 1 atom stereocenters. The molecular weight excluding hydrogens is 228 g/mol. The van der Waals surface area contributed by atoms with Gasteiger partial charge < -0.3 is 10.3 Å². The van der Waals surface area contributed by atoms with Crippen molar-refractivity contribution in [2.24, 2.45) is 5.41 Å². The summed E-state index contributed by atoms with van der Waals surface area (Å²) in [5.74, 6) is 0.0768. The van der Waals surface area contributed by atoms with Crippen LogP contribution < -0.4 is 10.6 Å². The monoisotopic (exact) mass is 250 g/mol. The van der Waals surface area contributed by atoms with Gasteiger partial charge in [0.15, 0.2) is 0 Å². The number of H-pyrrole nitrogens is 1. The quantitative estimate of drug-likeness (QED) is 0.749. The third-order valence-corrected chi connectivity index (χ3v) is 3.22. The van der Waals surface area contributed by atoms with Crippen molar-refractivity contribution in [1.82, 2.24) is 20.6 Å². The van der Waals surface area contributed by atoms with Gasteiger partial charge in [-0.3, -0.25) is 10.1 Å². The summed E-state index contributed by atoms with van der Waals surface area (Å²) in [6, 6.07) is -0.152. The van der Waals surface area contributed by atoms with Crippen molar-refractivity contribution >= 4 is 5.91 Å². The molecule has 5 heteroatoms. The summed E-state index contributed by atoms with van der Waals surface area (Å²) < 4.78 is 0. The van der Waals surface area contributed by atoms with Crippen LogP contribution in [0.25, 0.3) is 0 Å². The molecule has 0 aromatic carbocycles. The number of fused-ring (bicyclic) bond motifs is 1. The van der Waals surface area contributed by atoms with Crippen molar-refractivity contribution in [1.29, 1.82) is 0 Å². The summed E-state index contributed by atoms with van der Waals surface area (Å²) >= 11 is 0. The topological polar surface area (TPSA) is 69.8 Å². The second kappa shape index (κ2) is 5.10. The number of aromatic nitrogens is 2. The summed E-state index contributed by atoms with van der Waals surface area (Å²) in [4.78, 5) is 19.3. The van der Waals surface area contributed by atoms with Gasteiger partial charge in [0, 0.05) is 19.5 Å². The van der Waals surface area contributed by atoms with Gasteiger partial charge in [0.2, 0.25) is 5.91 Å². The SMILES string of the molecule is CC(C)(C)CCNC(=O)C1Cc2nc[nH]c2CN1. The van der Waals surface area contributed by atoms with Crippen LogP contribution in [0.1, 0.15) is 38.6 Å². The van der Waals surface area contributed by atoms with Crippen molar-refractivity contribution in [2.45, 2.75) is 46.2 Å². The minimum atomic E-state index is -0.152. The minimum Gasteiger partial charge on any atom is -0.355 e. The Bertz CT molecular complexity index is 419. The van der Waals surface area contributed by atoms with E-state index in [0.29, 0.717) is 13.0 Å². The first-order chi connectivity index (χ1) is 8.46. The molecule has 0 saturated heterocycles. The molecule has 3 N–H and O–H groups in total. The molecule has 5 nitrogen and oxygen atoms in total. The lowest BCUT2D eigenvalue weighted by Crippen LogP contribution is -2.48. The number of hydrogen-bond acceptors (Lipinski definition) is 3. The minimum absolute atomic E-state index is 0.0768. The molecule has 1 amide bonds. The molecule has 2 heterocycles. The summed E-state index contributed by atoms with van der Waals surface area (Å²) in [6.07, 6.45) is 3.34. The summed E-state index contributed by atoms with van der Waals surface area (Å²) in [5.41, 5.74) is 2.35. The van der Waals surface area contributed by atoms with Crippen LogP contribution in [0.2, 0.25) is 0 Å². The Balaban J connectivity index is 1.81. The standard InChI is InChI=1S/C13H22N4O/c1-13(2,3)4-5-14-12(18)10-6-9-11(7-15-10)17-8-16-9/h8,10,15H,4-7H2,1-3H3,(H,14,18)(H,16,17). The van der Waals surface area contributed by atoms with E-state index >= 15 is 0 Å². The average molecular weight is 250 g/mol. The molecule has 0 aliphatic carbocycles. The maximum Gasteiger partial charge on any atom is 0.237 e. The lowest BCUT2D eigenvalue weighted by molar-refractivity contribution is -0.123. The Hall–Kier alpha value is -1.36. The van der Waals surface area contributed by atoms with Crippen molar-refractivity contribution in [3.05, 3.63) is 17.7 Å². The van der Waals surface area contributed by atoms with Gasteiger partial charge in [-0.2, -0.15) is 0 Å². The molecule has 0 bridgehead atoms. The van der Waals surface area contributed by atoms with E-state index in [0.717, 1.165) is 24.4 Å². The van der Waals surface area contributed by atoms with E-state index in [-0.39, 0.29) is 17.4 Å². The molecule has 1 aromatic rings. The molecule has 0 saturated carbocycles. The number of aromatic amines is 1. The molecular formula is C13H22N4O. The summed E-state index contributed by atoms with van der Waals surface area (Å²) in [6.45, 7) is 7.94. The van der Waals surface area contributed by atoms with Gasteiger partial charge >= 0.3 is 0 Å². The molecule has 100 valence electrons. The molecule has 0 radical (unpaired) electrons. The number of carbonyl (C=O) groups is 1. The first-order valence-corrected chi connectivity index (χ1v) is 6.48. The Morgan fingerprint density at radius 1 is 1.56 bits per heavy atom. The second-order valence-corrected chi connectivity index (χ2v) is 6.07. The van der Waals surface area contributed by atoms with Crippen LogP contribution >= 0.6 is 0 Å². The number of nitrogens with one attached hydrogen (secondary N) is 3. The van der Waals surface area contributed by atoms with Gasteiger partial charge in [0.1, 0.15) is 0 Å². The van der Waals surface area contributed by atoms with E-state index < -0.39 is 0 Å². The molecule has 0 fully saturated rings. The van der Waals surface area contributed by atoms with Crippen LogP contribution in [-0.4, -0.2) is 28.5 Å². The van der Waals surface area contributed by atoms with Crippen molar-refractivity contribution in [2.75, 3.05) is 6.54 Å². The molecule has 1 aromatic heterocycles. The first kappa shape index (κ1) is 13.1. The van der Waals surface area contributed by atoms with Crippen molar-refractivity contribution in [3.63, 3.8) is 0 Å². The predicted octanol–water partition coefficient (Wildman–Crippen LogP) is 0.976. The Kier molecular flexibility index (Phi) is 3.71. The highest BCUT2D eigenvalue weighted by Gasteiger charge is 2.25. The second-order valence-electron chi connectivity index (χ2n) is 6.07. The highest BCUT2D eigenvalue weighted by atomic mass is 16.2. The highest BCUT2D eigenvalue weighted by molar-refractivity contribution is 5.82. The van der Waals surface area contributed by atoms with Gasteiger partial charge in [0.25, 0.3) is 0 Å². The summed E-state index contributed by atoms with van der Waals surface area (Å²) in [5, 5.41) is 6.22. The number of nitrogens with zero attached hydrogens (tertiary/aromatic N) is 1. The fraction of sp³-hybridized carbons (Fsp3) is 0.692. The van der Waals surface area contributed by atoms with Crippen molar-refractivity contribution < 1.29 is 4.79 Å². The summed E-state index contributed by atoms with van der Waals surface area (Å²) in [7, 11) is 0. The lowest BCUT2D eigenvalue weighted by atomic mass is 9.92. The fourth-order valence-corrected chi connectivity index (χ4v) is 2.04. The number of rotatable bonds is 3. The van der Waals surface area contributed by atoms with Crippen LogP contribution in [0, 0.1) is 5.41 Å². The normalized spacial score (nSPS) is 19.4. The van der Waals surface area contributed by atoms with Gasteiger partial charge in [-0.05, 0) is 11.8 Å². The van der Waals surface area contributed by atoms with Crippen LogP contribution in [-0.2, 0) is 17.8 Å². The van der Waals surface area contributed by atoms with Crippen LogP contribution in [0.3, 0.4) is 0 Å². The van der Waals surface area contributed by atoms with Crippen LogP contribution in [0.15, 0.2) is 6.33 Å². The molecule has 0 spiro atoms. The highest BCUT2D eigenvalue weighted by Crippen LogP contribution is 2.17. The Labute approximate surface area is 108 Å². The molecule has 1 aliphatic heterocycles. The van der Waals surface area contributed by atoms with Gasteiger partial charge in [-0.1, -0.05) is 20.8 Å². The van der Waals surface area contributed by atoms with E-state index in [1.165, 1.54) is 0 Å². The van der Waals surface area contributed by atoms with Gasteiger partial charge in [-0.25, -0.2) is 4.98 Å². The van der Waals surface area contributed by atoms with E-state index in [1.54, 1.807) is 6.33 Å². The molecule has 1 aliphatic rings. The molecule has 1 unspecified atom stereocenters. The van der Waals surface area contributed by atoms with Crippen LogP contribution in [0.4, 0.5) is 0 Å². The van der Waals surface area contributed by atoms with Crippen LogP contribution in [0.5, 0.6) is 0 Å². The lowest BCUT2D eigenvalue weighted by Gasteiger charge is -2.23. The number of imidazole rings is 1. The van der Waals surface area contributed by atoms with Crippen molar-refractivity contribution in [3.8, 4) is 0 Å². The third kappa shape index (κ3) is 3.32. The maximum atomic E-state index is 12.0. The zero-order chi connectivity index (χ0) is 13.2. The van der Waals surface area contributed by atoms with E-state index in [1.807, 2.05) is 0 Å². The molecule has 2 rings (SSSR count). The zero-order valence-electron chi connectivity index (χ0n) is 11.3. The number of hydrogen-bond donors (Lipinski definition) is 3. The molecule has 18 heavy (non-hydrogen) atoms. The fourth-order valence-electron chi connectivity index (χ4n) is 2.04. The third-order valence-electron chi connectivity index (χ3n) is 3.22. The zero-order valence-corrected chi connectivity index (χ0v) is 11.3. The largest absolute Gasteiger partial charge is 0.355 e. The van der Waals surface area contributed by atoms with E-state index in [4.69, 9.17) is 0 Å². The predicted molar refractivity (Wildman–Crippen MR) is 70.0 cm³/mol. The maximum absolute atomic E-state index is 12.0. The number of amides is 1. The number of carbonyl (C=O) groups excluding carboxylic acids is 1. The van der Waals surface area contributed by atoms with Gasteiger partial charge in [0.05, 0.1) is 23.8 Å². The average Bonchev–Trinajstić information content (AvgIpc) is 2.73. The van der Waals surface area contributed by atoms with Gasteiger partial charge in [-0.15, -0.1) is 0 Å². The van der Waals surface area contributed by atoms with E-state index in [9.17, 15) is 4.79 Å². The Morgan fingerprint density at radius 2 is 2.33 bits per heavy atom. The smallest absolute Gasteiger partial charge is 0.237 e.